The molecule has 0 bridgehead atoms. The maximum atomic E-state index is 11.6. The second-order valence-electron chi connectivity index (χ2n) is 3.93. The zero-order valence-corrected chi connectivity index (χ0v) is 11.2. The Hall–Kier alpha value is -2.20. The van der Waals surface area contributed by atoms with Gasteiger partial charge in [0.15, 0.2) is 6.61 Å². The van der Waals surface area contributed by atoms with Gasteiger partial charge in [-0.15, -0.1) is 0 Å². The molecular formula is C11H18N2O8. The highest BCUT2D eigenvalue weighted by Crippen LogP contribution is 2.00. The minimum Gasteiger partial charge on any atom is -0.479 e. The minimum absolute atomic E-state index is 0.0654. The number of carboxylic acid groups (broad SMARTS) is 1. The normalized spacial score (nSPS) is 11.3. The van der Waals surface area contributed by atoms with Gasteiger partial charge in [-0.05, 0) is 12.8 Å². The fraction of sp³-hybridized carbons (Fsp3) is 0.636. The average Bonchev–Trinajstić information content (AvgIpc) is 2.46. The van der Waals surface area contributed by atoms with Gasteiger partial charge in [0.1, 0.15) is 19.3 Å². The molecule has 0 aromatic heterocycles. The predicted octanol–water partition coefficient (Wildman–Crippen LogP) is -3.02. The Morgan fingerprint density at radius 2 is 1.67 bits per heavy atom. The second kappa shape index (κ2) is 10.6. The molecule has 0 unspecified atom stereocenters. The highest BCUT2D eigenvalue weighted by molar-refractivity contribution is 5.85. The highest BCUT2D eigenvalue weighted by Gasteiger charge is 2.22. The third kappa shape index (κ3) is 9.35. The SMILES string of the molecule is O=C(O)COC(=O)[C@@H](CCCNC(=O)CO)NC(=O)CO. The Morgan fingerprint density at radius 3 is 2.19 bits per heavy atom. The van der Waals surface area contributed by atoms with Crippen molar-refractivity contribution in [1.82, 2.24) is 10.6 Å². The predicted molar refractivity (Wildman–Crippen MR) is 66.9 cm³/mol. The summed E-state index contributed by atoms with van der Waals surface area (Å²) in [7, 11) is 0. The number of hydrogen-bond acceptors (Lipinski definition) is 7. The van der Waals surface area contributed by atoms with Crippen molar-refractivity contribution in [3.05, 3.63) is 0 Å². The summed E-state index contributed by atoms with van der Waals surface area (Å²) in [5.41, 5.74) is 0. The lowest BCUT2D eigenvalue weighted by atomic mass is 10.1. The lowest BCUT2D eigenvalue weighted by Gasteiger charge is -2.16. The summed E-state index contributed by atoms with van der Waals surface area (Å²) in [4.78, 5) is 43.7. The largest absolute Gasteiger partial charge is 0.479 e. The fourth-order valence-electron chi connectivity index (χ4n) is 1.31. The number of carboxylic acids is 1. The molecule has 120 valence electrons. The van der Waals surface area contributed by atoms with Crippen molar-refractivity contribution in [2.45, 2.75) is 18.9 Å². The van der Waals surface area contributed by atoms with Crippen LogP contribution >= 0.6 is 0 Å². The molecule has 0 saturated heterocycles. The van der Waals surface area contributed by atoms with E-state index in [2.05, 4.69) is 15.4 Å². The van der Waals surface area contributed by atoms with Crippen molar-refractivity contribution < 1.29 is 39.2 Å². The van der Waals surface area contributed by atoms with Crippen LogP contribution < -0.4 is 10.6 Å². The highest BCUT2D eigenvalue weighted by atomic mass is 16.6. The molecule has 0 aromatic rings. The summed E-state index contributed by atoms with van der Waals surface area (Å²) in [6.07, 6.45) is 0.334. The average molecular weight is 306 g/mol. The smallest absolute Gasteiger partial charge is 0.341 e. The number of hydrogen-bond donors (Lipinski definition) is 5. The Balaban J connectivity index is 4.31. The van der Waals surface area contributed by atoms with Crippen LogP contribution in [0, 0.1) is 0 Å². The van der Waals surface area contributed by atoms with Gasteiger partial charge in [0.25, 0.3) is 0 Å². The van der Waals surface area contributed by atoms with Gasteiger partial charge < -0.3 is 30.7 Å². The van der Waals surface area contributed by atoms with Crippen LogP contribution in [0.25, 0.3) is 0 Å². The number of aliphatic carboxylic acids is 1. The summed E-state index contributed by atoms with van der Waals surface area (Å²) >= 11 is 0. The molecular weight excluding hydrogens is 288 g/mol. The molecule has 0 radical (unpaired) electrons. The van der Waals surface area contributed by atoms with Gasteiger partial charge in [-0.1, -0.05) is 0 Å². The first kappa shape index (κ1) is 18.8. The minimum atomic E-state index is -1.34. The van der Waals surface area contributed by atoms with Crippen molar-refractivity contribution in [2.24, 2.45) is 0 Å². The Kier molecular flexibility index (Phi) is 9.46. The summed E-state index contributed by atoms with van der Waals surface area (Å²) in [5.74, 6) is -3.69. The number of aliphatic hydroxyl groups is 2. The molecule has 0 rings (SSSR count). The number of amides is 2. The first-order valence-electron chi connectivity index (χ1n) is 6.07. The van der Waals surface area contributed by atoms with E-state index < -0.39 is 49.6 Å². The van der Waals surface area contributed by atoms with Crippen molar-refractivity contribution in [3.63, 3.8) is 0 Å². The first-order chi connectivity index (χ1) is 9.90. The quantitative estimate of drug-likeness (QED) is 0.210. The summed E-state index contributed by atoms with van der Waals surface area (Å²) in [5, 5.41) is 30.0. The van der Waals surface area contributed by atoms with E-state index in [1.165, 1.54) is 0 Å². The third-order valence-corrected chi connectivity index (χ3v) is 2.24. The Morgan fingerprint density at radius 1 is 1.05 bits per heavy atom. The number of carbonyl (C=O) groups excluding carboxylic acids is 3. The zero-order chi connectivity index (χ0) is 16.3. The molecule has 0 saturated carbocycles. The first-order valence-corrected chi connectivity index (χ1v) is 6.07. The number of nitrogens with one attached hydrogen (secondary N) is 2. The molecule has 10 heteroatoms. The van der Waals surface area contributed by atoms with E-state index in [4.69, 9.17) is 15.3 Å². The van der Waals surface area contributed by atoms with E-state index >= 15 is 0 Å². The molecule has 21 heavy (non-hydrogen) atoms. The van der Waals surface area contributed by atoms with Crippen molar-refractivity contribution in [3.8, 4) is 0 Å². The molecule has 0 heterocycles. The number of carbonyl (C=O) groups is 4. The van der Waals surface area contributed by atoms with Gasteiger partial charge >= 0.3 is 11.9 Å². The van der Waals surface area contributed by atoms with Crippen LogP contribution in [-0.2, 0) is 23.9 Å². The van der Waals surface area contributed by atoms with Crippen molar-refractivity contribution in [1.29, 1.82) is 0 Å². The van der Waals surface area contributed by atoms with Gasteiger partial charge in [-0.3, -0.25) is 9.59 Å². The fourth-order valence-corrected chi connectivity index (χ4v) is 1.31. The van der Waals surface area contributed by atoms with Crippen LogP contribution in [-0.4, -0.2) is 71.5 Å². The molecule has 1 atom stereocenters. The lowest BCUT2D eigenvalue weighted by Crippen LogP contribution is -2.44. The van der Waals surface area contributed by atoms with Crippen LogP contribution in [0.1, 0.15) is 12.8 Å². The molecule has 0 aliphatic rings. The molecule has 0 aliphatic heterocycles. The monoisotopic (exact) mass is 306 g/mol. The summed E-state index contributed by atoms with van der Waals surface area (Å²) in [6.45, 7) is -2.18. The standard InChI is InChI=1S/C11H18N2O8/c14-4-8(16)12-3-1-2-7(13-9(17)5-15)11(20)21-6-10(18)19/h7,14-15H,1-6H2,(H,12,16)(H,13,17)(H,18,19)/t7-/m1/s1. The number of ether oxygens (including phenoxy) is 1. The van der Waals surface area contributed by atoms with E-state index in [9.17, 15) is 19.2 Å². The summed E-state index contributed by atoms with van der Waals surface area (Å²) in [6, 6.07) is -1.13. The Bertz CT molecular complexity index is 384. The molecule has 0 aromatic carbocycles. The van der Waals surface area contributed by atoms with Gasteiger partial charge in [-0.25, -0.2) is 9.59 Å². The lowest BCUT2D eigenvalue weighted by molar-refractivity contribution is -0.157. The van der Waals surface area contributed by atoms with Crippen LogP contribution in [0.4, 0.5) is 0 Å². The van der Waals surface area contributed by atoms with Crippen molar-refractivity contribution in [2.75, 3.05) is 26.4 Å². The van der Waals surface area contributed by atoms with Gasteiger partial charge in [0.2, 0.25) is 11.8 Å². The topological polar surface area (TPSA) is 162 Å². The van der Waals surface area contributed by atoms with E-state index in [0.717, 1.165) is 0 Å². The van der Waals surface area contributed by atoms with Crippen LogP contribution in [0.5, 0.6) is 0 Å². The molecule has 10 nitrogen and oxygen atoms in total. The van der Waals surface area contributed by atoms with Crippen LogP contribution in [0.3, 0.4) is 0 Å². The molecule has 0 spiro atoms. The number of esters is 1. The maximum absolute atomic E-state index is 11.6. The van der Waals surface area contributed by atoms with Crippen LogP contribution in [0.2, 0.25) is 0 Å². The van der Waals surface area contributed by atoms with E-state index in [-0.39, 0.29) is 19.4 Å². The van der Waals surface area contributed by atoms with Crippen molar-refractivity contribution >= 4 is 23.8 Å². The van der Waals surface area contributed by atoms with E-state index in [1.807, 2.05) is 0 Å². The second-order valence-corrected chi connectivity index (χ2v) is 3.93. The molecule has 0 fully saturated rings. The number of rotatable bonds is 10. The van der Waals surface area contributed by atoms with E-state index in [0.29, 0.717) is 0 Å². The maximum Gasteiger partial charge on any atom is 0.341 e. The number of aliphatic hydroxyl groups excluding tert-OH is 2. The molecule has 5 N–H and O–H groups in total. The van der Waals surface area contributed by atoms with Gasteiger partial charge in [-0.2, -0.15) is 0 Å². The van der Waals surface area contributed by atoms with Crippen LogP contribution in [0.15, 0.2) is 0 Å². The third-order valence-electron chi connectivity index (χ3n) is 2.24. The van der Waals surface area contributed by atoms with Gasteiger partial charge in [0.05, 0.1) is 0 Å². The van der Waals surface area contributed by atoms with Gasteiger partial charge in [0, 0.05) is 6.54 Å². The summed E-state index contributed by atoms with van der Waals surface area (Å²) < 4.78 is 4.45. The van der Waals surface area contributed by atoms with E-state index in [1.54, 1.807) is 0 Å². The zero-order valence-electron chi connectivity index (χ0n) is 11.2. The molecule has 2 amide bonds. The Labute approximate surface area is 120 Å². The molecule has 0 aliphatic carbocycles.